The van der Waals surface area contributed by atoms with Crippen LogP contribution in [0.1, 0.15) is 26.0 Å². The van der Waals surface area contributed by atoms with Gasteiger partial charge in [-0.15, -0.1) is 0 Å². The first-order valence-electron chi connectivity index (χ1n) is 7.28. The fourth-order valence-corrected chi connectivity index (χ4v) is 3.13. The highest BCUT2D eigenvalue weighted by atomic mass is 35.5. The Morgan fingerprint density at radius 3 is 2.83 bits per heavy atom. The van der Waals surface area contributed by atoms with Crippen LogP contribution < -0.4 is 10.9 Å². The number of carbonyl (C=O) groups excluding carboxylic acids is 1. The number of amides is 1. The van der Waals surface area contributed by atoms with Crippen LogP contribution in [0, 0.1) is 0 Å². The quantitative estimate of drug-likeness (QED) is 0.585. The first kappa shape index (κ1) is 18.8. The Bertz CT molecular complexity index is 797. The van der Waals surface area contributed by atoms with Crippen molar-refractivity contribution in [3.63, 3.8) is 0 Å². The van der Waals surface area contributed by atoms with Crippen molar-refractivity contribution >= 4 is 46.7 Å². The predicted molar refractivity (Wildman–Crippen MR) is 97.1 cm³/mol. The number of pyridine rings is 1. The minimum Gasteiger partial charge on any atom is -0.308 e. The Morgan fingerprint density at radius 1 is 1.42 bits per heavy atom. The third-order valence-electron chi connectivity index (χ3n) is 2.99. The second kappa shape index (κ2) is 8.50. The molecule has 0 aliphatic heterocycles. The summed E-state index contributed by atoms with van der Waals surface area (Å²) in [6.07, 6.45) is 2.99. The summed E-state index contributed by atoms with van der Waals surface area (Å²) in [5, 5.41) is 3.17. The molecule has 128 valence electrons. The van der Waals surface area contributed by atoms with Crippen LogP contribution >= 0.6 is 35.0 Å². The van der Waals surface area contributed by atoms with Gasteiger partial charge in [-0.05, 0) is 19.4 Å². The summed E-state index contributed by atoms with van der Waals surface area (Å²) >= 11 is 12.9. The smallest absolute Gasteiger partial charge is 0.251 e. The van der Waals surface area contributed by atoms with Crippen molar-refractivity contribution in [3.05, 3.63) is 44.4 Å². The SMILES string of the molecule is CCCc1cc(=O)[nH]c(S[C@H](C)C(=O)Nc2ncc(Cl)cc2Cl)n1. The number of nitrogens with one attached hydrogen (secondary N) is 2. The summed E-state index contributed by atoms with van der Waals surface area (Å²) in [4.78, 5) is 34.9. The van der Waals surface area contributed by atoms with Crippen molar-refractivity contribution in [1.29, 1.82) is 0 Å². The van der Waals surface area contributed by atoms with Gasteiger partial charge in [0.1, 0.15) is 0 Å². The highest BCUT2D eigenvalue weighted by molar-refractivity contribution is 8.00. The monoisotopic (exact) mass is 386 g/mol. The molecule has 2 aromatic rings. The van der Waals surface area contributed by atoms with E-state index in [9.17, 15) is 9.59 Å². The zero-order valence-electron chi connectivity index (χ0n) is 13.1. The molecule has 0 unspecified atom stereocenters. The number of carbonyl (C=O) groups is 1. The van der Waals surface area contributed by atoms with Crippen molar-refractivity contribution in [2.45, 2.75) is 37.1 Å². The van der Waals surface area contributed by atoms with Crippen molar-refractivity contribution < 1.29 is 4.79 Å². The molecule has 0 saturated carbocycles. The van der Waals surface area contributed by atoms with Crippen LogP contribution in [-0.2, 0) is 11.2 Å². The Kier molecular flexibility index (Phi) is 6.65. The van der Waals surface area contributed by atoms with Gasteiger partial charge in [0.05, 0.1) is 15.3 Å². The number of rotatable bonds is 6. The average molecular weight is 387 g/mol. The lowest BCUT2D eigenvalue weighted by atomic mass is 10.2. The summed E-state index contributed by atoms with van der Waals surface area (Å²) in [6.45, 7) is 3.71. The van der Waals surface area contributed by atoms with E-state index in [0.717, 1.165) is 18.2 Å². The highest BCUT2D eigenvalue weighted by Crippen LogP contribution is 2.24. The van der Waals surface area contributed by atoms with E-state index in [1.807, 2.05) is 6.92 Å². The molecule has 0 aliphatic carbocycles. The third kappa shape index (κ3) is 5.22. The number of halogens is 2. The van der Waals surface area contributed by atoms with Crippen molar-refractivity contribution in [1.82, 2.24) is 15.0 Å². The maximum atomic E-state index is 12.3. The van der Waals surface area contributed by atoms with Crippen LogP contribution in [-0.4, -0.2) is 26.1 Å². The van der Waals surface area contributed by atoms with Gasteiger partial charge in [-0.25, -0.2) is 9.97 Å². The van der Waals surface area contributed by atoms with Gasteiger partial charge in [-0.2, -0.15) is 0 Å². The standard InChI is InChI=1S/C15H16Cl2N4O2S/c1-3-4-10-6-12(22)20-15(19-10)24-8(2)14(23)21-13-11(17)5-9(16)7-18-13/h5-8H,3-4H2,1-2H3,(H,18,21,23)(H,19,20,22)/t8-/m1/s1. The number of aromatic amines is 1. The van der Waals surface area contributed by atoms with Crippen molar-refractivity contribution in [2.75, 3.05) is 5.32 Å². The summed E-state index contributed by atoms with van der Waals surface area (Å²) in [5.41, 5.74) is 0.477. The molecule has 0 saturated heterocycles. The van der Waals surface area contributed by atoms with Crippen LogP contribution in [0.3, 0.4) is 0 Å². The first-order chi connectivity index (χ1) is 11.4. The van der Waals surface area contributed by atoms with Gasteiger partial charge < -0.3 is 10.3 Å². The number of thioether (sulfide) groups is 1. The maximum absolute atomic E-state index is 12.3. The molecular formula is C15H16Cl2N4O2S. The molecule has 0 aliphatic rings. The van der Waals surface area contributed by atoms with Gasteiger partial charge in [-0.1, -0.05) is 48.3 Å². The molecule has 2 aromatic heterocycles. The number of nitrogens with zero attached hydrogens (tertiary/aromatic N) is 2. The van der Waals surface area contributed by atoms with E-state index in [0.29, 0.717) is 22.3 Å². The minimum atomic E-state index is -0.501. The van der Waals surface area contributed by atoms with E-state index in [2.05, 4.69) is 20.3 Å². The topological polar surface area (TPSA) is 87.7 Å². The van der Waals surface area contributed by atoms with E-state index in [1.165, 1.54) is 18.3 Å². The maximum Gasteiger partial charge on any atom is 0.251 e. The second-order valence-electron chi connectivity index (χ2n) is 5.03. The molecule has 6 nitrogen and oxygen atoms in total. The number of hydrogen-bond donors (Lipinski definition) is 2. The van der Waals surface area contributed by atoms with Crippen LogP contribution in [0.15, 0.2) is 28.3 Å². The van der Waals surface area contributed by atoms with Crippen LogP contribution in [0.2, 0.25) is 10.0 Å². The van der Waals surface area contributed by atoms with Gasteiger partial charge in [0.15, 0.2) is 11.0 Å². The second-order valence-corrected chi connectivity index (χ2v) is 7.20. The number of aromatic nitrogens is 3. The minimum absolute atomic E-state index is 0.231. The molecule has 2 rings (SSSR count). The van der Waals surface area contributed by atoms with Crippen LogP contribution in [0.25, 0.3) is 0 Å². The third-order valence-corrected chi connectivity index (χ3v) is 4.47. The van der Waals surface area contributed by atoms with Gasteiger partial charge in [0.2, 0.25) is 5.91 Å². The van der Waals surface area contributed by atoms with Crippen molar-refractivity contribution in [3.8, 4) is 0 Å². The molecule has 1 atom stereocenters. The molecule has 0 aromatic carbocycles. The average Bonchev–Trinajstić information content (AvgIpc) is 2.49. The summed E-state index contributed by atoms with van der Waals surface area (Å²) in [7, 11) is 0. The van der Waals surface area contributed by atoms with E-state index < -0.39 is 5.25 Å². The molecule has 0 spiro atoms. The highest BCUT2D eigenvalue weighted by Gasteiger charge is 2.18. The molecule has 1 amide bonds. The molecule has 9 heteroatoms. The lowest BCUT2D eigenvalue weighted by Crippen LogP contribution is -2.24. The number of hydrogen-bond acceptors (Lipinski definition) is 5. The largest absolute Gasteiger partial charge is 0.308 e. The molecule has 0 radical (unpaired) electrons. The Balaban J connectivity index is 2.07. The number of anilines is 1. The Morgan fingerprint density at radius 2 is 2.17 bits per heavy atom. The molecular weight excluding hydrogens is 371 g/mol. The van der Waals surface area contributed by atoms with Gasteiger partial charge in [0, 0.05) is 18.0 Å². The Hall–Kier alpha value is -1.57. The lowest BCUT2D eigenvalue weighted by molar-refractivity contribution is -0.115. The zero-order valence-corrected chi connectivity index (χ0v) is 15.4. The van der Waals surface area contributed by atoms with Gasteiger partial charge in [0.25, 0.3) is 5.56 Å². The zero-order chi connectivity index (χ0) is 17.7. The first-order valence-corrected chi connectivity index (χ1v) is 8.91. The molecule has 0 fully saturated rings. The van der Waals surface area contributed by atoms with Crippen molar-refractivity contribution in [2.24, 2.45) is 0 Å². The summed E-state index contributed by atoms with van der Waals surface area (Å²) < 4.78 is 0. The van der Waals surface area contributed by atoms with E-state index in [-0.39, 0.29) is 22.3 Å². The fraction of sp³-hybridized carbons (Fsp3) is 0.333. The van der Waals surface area contributed by atoms with E-state index in [1.54, 1.807) is 6.92 Å². The molecule has 24 heavy (non-hydrogen) atoms. The van der Waals surface area contributed by atoms with E-state index >= 15 is 0 Å². The van der Waals surface area contributed by atoms with Crippen LogP contribution in [0.5, 0.6) is 0 Å². The summed E-state index contributed by atoms with van der Waals surface area (Å²) in [6, 6.07) is 2.96. The molecule has 0 bridgehead atoms. The normalized spacial score (nSPS) is 12.0. The fourth-order valence-electron chi connectivity index (χ4n) is 1.87. The Labute approximate surface area is 153 Å². The summed E-state index contributed by atoms with van der Waals surface area (Å²) in [5.74, 6) is -0.0695. The number of aryl methyl sites for hydroxylation is 1. The molecule has 2 heterocycles. The van der Waals surface area contributed by atoms with Gasteiger partial charge in [-0.3, -0.25) is 9.59 Å². The lowest BCUT2D eigenvalue weighted by Gasteiger charge is -2.12. The predicted octanol–water partition coefficient (Wildman–Crippen LogP) is 3.54. The number of H-pyrrole nitrogens is 1. The van der Waals surface area contributed by atoms with Gasteiger partial charge >= 0.3 is 0 Å². The van der Waals surface area contributed by atoms with Crippen LogP contribution in [0.4, 0.5) is 5.82 Å². The van der Waals surface area contributed by atoms with E-state index in [4.69, 9.17) is 23.2 Å². The molecule has 2 N–H and O–H groups in total.